The molecule has 0 aliphatic carbocycles. The van der Waals surface area contributed by atoms with Crippen molar-refractivity contribution in [1.82, 2.24) is 9.44 Å². The SMILES string of the molecule is O=C(O)c1cc2ccc(C3(Cl)C=NSN3)c(C3(Cl)C=NSN3)c2o1. The van der Waals surface area contributed by atoms with Gasteiger partial charge in [0.1, 0.15) is 5.58 Å². The van der Waals surface area contributed by atoms with Gasteiger partial charge in [0, 0.05) is 16.5 Å². The number of furan rings is 1. The summed E-state index contributed by atoms with van der Waals surface area (Å²) < 4.78 is 19.6. The molecule has 0 bridgehead atoms. The molecule has 24 heavy (non-hydrogen) atoms. The summed E-state index contributed by atoms with van der Waals surface area (Å²) >= 11 is 15.5. The largest absolute Gasteiger partial charge is 0.475 e. The van der Waals surface area contributed by atoms with Gasteiger partial charge >= 0.3 is 5.97 Å². The lowest BCUT2D eigenvalue weighted by Gasteiger charge is -2.27. The van der Waals surface area contributed by atoms with E-state index in [2.05, 4.69) is 18.2 Å². The van der Waals surface area contributed by atoms with Gasteiger partial charge < -0.3 is 9.52 Å². The Morgan fingerprint density at radius 2 is 1.83 bits per heavy atom. The van der Waals surface area contributed by atoms with Crippen molar-refractivity contribution in [3.8, 4) is 0 Å². The van der Waals surface area contributed by atoms with Gasteiger partial charge in [0.25, 0.3) is 0 Å². The number of alkyl halides is 2. The van der Waals surface area contributed by atoms with E-state index in [1.54, 1.807) is 18.3 Å². The fraction of sp³-hybridized carbons (Fsp3) is 0.154. The summed E-state index contributed by atoms with van der Waals surface area (Å²) in [5, 5.41) is 9.80. The number of hydrogen-bond donors (Lipinski definition) is 3. The van der Waals surface area contributed by atoms with Crippen LogP contribution in [0.4, 0.5) is 0 Å². The van der Waals surface area contributed by atoms with Crippen LogP contribution >= 0.6 is 47.5 Å². The number of halogens is 2. The summed E-state index contributed by atoms with van der Waals surface area (Å²) in [4.78, 5) is 8.95. The predicted octanol–water partition coefficient (Wildman–Crippen LogP) is 3.39. The molecular formula is C13H8Cl2N4O3S2. The van der Waals surface area contributed by atoms with Gasteiger partial charge in [-0.2, -0.15) is 0 Å². The van der Waals surface area contributed by atoms with Crippen LogP contribution in [0.15, 0.2) is 31.4 Å². The zero-order chi connectivity index (χ0) is 16.9. The molecular weight excluding hydrogens is 395 g/mol. The molecule has 3 heterocycles. The van der Waals surface area contributed by atoms with Crippen molar-refractivity contribution in [2.75, 3.05) is 0 Å². The number of fused-ring (bicyclic) bond motifs is 1. The molecule has 0 saturated carbocycles. The normalized spacial score (nSPS) is 28.9. The van der Waals surface area contributed by atoms with E-state index in [0.717, 1.165) is 24.3 Å². The van der Waals surface area contributed by atoms with Gasteiger partial charge in [-0.1, -0.05) is 35.3 Å². The number of hydrogen-bond acceptors (Lipinski definition) is 8. The summed E-state index contributed by atoms with van der Waals surface area (Å²) in [6.45, 7) is 0. The molecule has 0 saturated heterocycles. The van der Waals surface area contributed by atoms with Crippen LogP contribution in [-0.2, 0) is 10.00 Å². The van der Waals surface area contributed by atoms with Crippen LogP contribution in [0.25, 0.3) is 11.0 Å². The minimum atomic E-state index is -1.20. The molecule has 124 valence electrons. The van der Waals surface area contributed by atoms with Gasteiger partial charge in [-0.3, -0.25) is 0 Å². The fourth-order valence-corrected chi connectivity index (χ4v) is 4.42. The van der Waals surface area contributed by atoms with Crippen molar-refractivity contribution in [2.45, 2.75) is 10.00 Å². The molecule has 3 N–H and O–H groups in total. The highest BCUT2D eigenvalue weighted by molar-refractivity contribution is 7.96. The first-order valence-corrected chi connectivity index (χ1v) is 8.87. The van der Waals surface area contributed by atoms with Gasteiger partial charge in [0.05, 0.1) is 36.7 Å². The molecule has 2 aliphatic rings. The second-order valence-electron chi connectivity index (χ2n) is 5.10. The van der Waals surface area contributed by atoms with E-state index in [1.807, 2.05) is 0 Å². The summed E-state index contributed by atoms with van der Waals surface area (Å²) in [6, 6.07) is 4.93. The fourth-order valence-electron chi connectivity index (χ4n) is 2.55. The Kier molecular flexibility index (Phi) is 3.83. The smallest absolute Gasteiger partial charge is 0.371 e. The maximum absolute atomic E-state index is 11.3. The molecule has 2 unspecified atom stereocenters. The van der Waals surface area contributed by atoms with Gasteiger partial charge in [-0.05, 0) is 6.07 Å². The first-order chi connectivity index (χ1) is 11.4. The highest BCUT2D eigenvalue weighted by atomic mass is 35.5. The molecule has 2 aromatic rings. The van der Waals surface area contributed by atoms with E-state index >= 15 is 0 Å². The Labute approximate surface area is 154 Å². The molecule has 2 aliphatic heterocycles. The van der Waals surface area contributed by atoms with E-state index in [9.17, 15) is 9.90 Å². The summed E-state index contributed by atoms with van der Waals surface area (Å²) in [6.07, 6.45) is 3.06. The van der Waals surface area contributed by atoms with Gasteiger partial charge in [0.15, 0.2) is 10.00 Å². The molecule has 1 aromatic heterocycles. The minimum absolute atomic E-state index is 0.183. The molecule has 11 heteroatoms. The topological polar surface area (TPSA) is 99.2 Å². The third-order valence-corrected chi connectivity index (χ3v) is 5.86. The molecule has 0 fully saturated rings. The molecule has 7 nitrogen and oxygen atoms in total. The molecule has 0 radical (unpaired) electrons. The van der Waals surface area contributed by atoms with E-state index in [-0.39, 0.29) is 5.76 Å². The first kappa shape index (κ1) is 16.2. The Bertz CT molecular complexity index is 918. The number of nitrogens with one attached hydrogen (secondary N) is 2. The summed E-state index contributed by atoms with van der Waals surface area (Å²) in [5.74, 6) is -1.35. The Hall–Kier alpha value is -1.23. The monoisotopic (exact) mass is 402 g/mol. The minimum Gasteiger partial charge on any atom is -0.475 e. The number of carboxylic acid groups (broad SMARTS) is 1. The van der Waals surface area contributed by atoms with Crippen LogP contribution in [0.2, 0.25) is 0 Å². The lowest BCUT2D eigenvalue weighted by atomic mass is 9.94. The van der Waals surface area contributed by atoms with Crippen LogP contribution in [-0.4, -0.2) is 23.5 Å². The first-order valence-electron chi connectivity index (χ1n) is 6.57. The van der Waals surface area contributed by atoms with Gasteiger partial charge in [-0.15, -0.1) is 0 Å². The van der Waals surface area contributed by atoms with Crippen molar-refractivity contribution in [1.29, 1.82) is 0 Å². The van der Waals surface area contributed by atoms with E-state index in [4.69, 9.17) is 27.6 Å². The van der Waals surface area contributed by atoms with Crippen LogP contribution in [0.1, 0.15) is 21.7 Å². The predicted molar refractivity (Wildman–Crippen MR) is 96.7 cm³/mol. The van der Waals surface area contributed by atoms with Crippen LogP contribution in [0, 0.1) is 0 Å². The third-order valence-electron chi connectivity index (χ3n) is 3.61. The number of rotatable bonds is 3. The van der Waals surface area contributed by atoms with E-state index in [0.29, 0.717) is 22.1 Å². The second kappa shape index (κ2) is 5.65. The Morgan fingerprint density at radius 1 is 1.17 bits per heavy atom. The molecule has 0 spiro atoms. The Balaban J connectivity index is 2.04. The quantitative estimate of drug-likeness (QED) is 0.411. The number of benzene rings is 1. The zero-order valence-electron chi connectivity index (χ0n) is 11.6. The highest BCUT2D eigenvalue weighted by Crippen LogP contribution is 2.44. The number of carboxylic acids is 1. The Morgan fingerprint density at radius 3 is 2.42 bits per heavy atom. The van der Waals surface area contributed by atoms with E-state index < -0.39 is 16.0 Å². The standard InChI is InChI=1S/C13H8Cl2N4O3S2/c14-12(4-16-23-18-12)7-2-1-6-3-8(11(20)21)22-10(6)9(7)13(15)5-17-24-19-13/h1-5,18-19H,(H,20,21). The van der Waals surface area contributed by atoms with Crippen LogP contribution in [0.5, 0.6) is 0 Å². The van der Waals surface area contributed by atoms with Gasteiger partial charge in [-0.25, -0.2) is 23.0 Å². The molecule has 0 amide bonds. The number of aromatic carboxylic acids is 1. The maximum atomic E-state index is 11.3. The lowest BCUT2D eigenvalue weighted by Crippen LogP contribution is -2.38. The highest BCUT2D eigenvalue weighted by Gasteiger charge is 2.43. The number of nitrogens with zero attached hydrogens (tertiary/aromatic N) is 2. The second-order valence-corrected chi connectivity index (χ2v) is 7.49. The molecule has 2 atom stereocenters. The van der Waals surface area contributed by atoms with Crippen molar-refractivity contribution in [3.63, 3.8) is 0 Å². The average Bonchev–Trinajstić information content (AvgIpc) is 3.25. The van der Waals surface area contributed by atoms with Crippen LogP contribution in [0.3, 0.4) is 0 Å². The maximum Gasteiger partial charge on any atom is 0.371 e. The molecule has 4 rings (SSSR count). The van der Waals surface area contributed by atoms with Crippen LogP contribution < -0.4 is 9.44 Å². The zero-order valence-corrected chi connectivity index (χ0v) is 14.8. The van der Waals surface area contributed by atoms with Crippen molar-refractivity contribution in [2.24, 2.45) is 8.80 Å². The molecule has 1 aromatic carbocycles. The van der Waals surface area contributed by atoms with Crippen molar-refractivity contribution >= 4 is 76.8 Å². The third kappa shape index (κ3) is 2.43. The van der Waals surface area contributed by atoms with Gasteiger partial charge in [0.2, 0.25) is 5.76 Å². The summed E-state index contributed by atoms with van der Waals surface area (Å²) in [5.41, 5.74) is 1.40. The summed E-state index contributed by atoms with van der Waals surface area (Å²) in [7, 11) is 0. The van der Waals surface area contributed by atoms with E-state index in [1.165, 1.54) is 12.3 Å². The average molecular weight is 403 g/mol. The van der Waals surface area contributed by atoms with Crippen molar-refractivity contribution in [3.05, 3.63) is 35.1 Å². The lowest BCUT2D eigenvalue weighted by molar-refractivity contribution is 0.0665. The number of carbonyl (C=O) groups is 1. The van der Waals surface area contributed by atoms with Crippen molar-refractivity contribution < 1.29 is 14.3 Å².